The third kappa shape index (κ3) is 4.43. The Morgan fingerprint density at radius 1 is 1.14 bits per heavy atom. The zero-order chi connectivity index (χ0) is 21.6. The molecular formula is C19H27BN4O5. The highest BCUT2D eigenvalue weighted by molar-refractivity contribution is 6.62. The van der Waals surface area contributed by atoms with Crippen LogP contribution in [0.15, 0.2) is 29.1 Å². The Morgan fingerprint density at radius 3 is 2.34 bits per heavy atom. The number of nitrogens with zero attached hydrogens (tertiary/aromatic N) is 4. The molecule has 0 saturated carbocycles. The summed E-state index contributed by atoms with van der Waals surface area (Å²) < 4.78 is 19.4. The SMILES string of the molecule is CC(C)(C)OC(=O)Cn1nnn(-c2cccc(B3OC(C)(C)C(C)(C)O3)c2)c1=O. The molecule has 2 aromatic rings. The van der Waals surface area contributed by atoms with Crippen molar-refractivity contribution in [2.45, 2.75) is 71.8 Å². The fourth-order valence-corrected chi connectivity index (χ4v) is 2.81. The summed E-state index contributed by atoms with van der Waals surface area (Å²) in [5.74, 6) is -0.558. The van der Waals surface area contributed by atoms with Crippen LogP contribution in [0.5, 0.6) is 0 Å². The van der Waals surface area contributed by atoms with Crippen molar-refractivity contribution < 1.29 is 18.8 Å². The van der Waals surface area contributed by atoms with Gasteiger partial charge in [0.05, 0.1) is 16.9 Å². The van der Waals surface area contributed by atoms with Crippen LogP contribution in [-0.4, -0.2) is 49.7 Å². The first-order valence-electron chi connectivity index (χ1n) is 9.50. The van der Waals surface area contributed by atoms with E-state index in [9.17, 15) is 9.59 Å². The molecule has 1 aromatic carbocycles. The summed E-state index contributed by atoms with van der Waals surface area (Å²) >= 11 is 0. The number of esters is 1. The van der Waals surface area contributed by atoms with Gasteiger partial charge in [-0.15, -0.1) is 0 Å². The lowest BCUT2D eigenvalue weighted by molar-refractivity contribution is -0.155. The highest BCUT2D eigenvalue weighted by Gasteiger charge is 2.51. The molecule has 9 nitrogen and oxygen atoms in total. The van der Waals surface area contributed by atoms with Crippen molar-refractivity contribution in [1.29, 1.82) is 0 Å². The molecule has 0 spiro atoms. The van der Waals surface area contributed by atoms with Crippen molar-refractivity contribution in [1.82, 2.24) is 19.8 Å². The molecule has 3 rings (SSSR count). The second kappa shape index (κ2) is 7.10. The van der Waals surface area contributed by atoms with Crippen molar-refractivity contribution in [3.05, 3.63) is 34.7 Å². The van der Waals surface area contributed by atoms with Gasteiger partial charge in [0.2, 0.25) is 0 Å². The van der Waals surface area contributed by atoms with Crippen LogP contribution < -0.4 is 11.2 Å². The summed E-state index contributed by atoms with van der Waals surface area (Å²) in [5.41, 5.74) is -0.870. The third-order valence-corrected chi connectivity index (χ3v) is 4.98. The fourth-order valence-electron chi connectivity index (χ4n) is 2.81. The highest BCUT2D eigenvalue weighted by Crippen LogP contribution is 2.36. The average molecular weight is 402 g/mol. The van der Waals surface area contributed by atoms with Crippen molar-refractivity contribution in [3.63, 3.8) is 0 Å². The van der Waals surface area contributed by atoms with Gasteiger partial charge in [0.15, 0.2) is 0 Å². The molecule has 0 unspecified atom stereocenters. The molecule has 29 heavy (non-hydrogen) atoms. The van der Waals surface area contributed by atoms with E-state index in [1.54, 1.807) is 39.0 Å². The van der Waals surface area contributed by atoms with Crippen LogP contribution in [0.3, 0.4) is 0 Å². The van der Waals surface area contributed by atoms with E-state index in [2.05, 4.69) is 10.4 Å². The Morgan fingerprint density at radius 2 is 1.76 bits per heavy atom. The molecule has 0 bridgehead atoms. The Labute approximate surface area is 170 Å². The number of aromatic nitrogens is 4. The van der Waals surface area contributed by atoms with Gasteiger partial charge in [-0.3, -0.25) is 4.79 Å². The molecule has 156 valence electrons. The lowest BCUT2D eigenvalue weighted by atomic mass is 9.79. The summed E-state index contributed by atoms with van der Waals surface area (Å²) in [5, 5.41) is 7.68. The van der Waals surface area contributed by atoms with Crippen LogP contribution >= 0.6 is 0 Å². The van der Waals surface area contributed by atoms with Gasteiger partial charge in [0, 0.05) is 0 Å². The number of hydrogen-bond donors (Lipinski definition) is 0. The first-order chi connectivity index (χ1) is 13.3. The number of tetrazole rings is 1. The molecule has 1 aliphatic heterocycles. The molecule has 0 aliphatic carbocycles. The monoisotopic (exact) mass is 402 g/mol. The van der Waals surface area contributed by atoms with Gasteiger partial charge >= 0.3 is 18.8 Å². The number of carbonyl (C=O) groups is 1. The molecule has 0 amide bonds. The Hall–Kier alpha value is -2.46. The second-order valence-electron chi connectivity index (χ2n) is 9.10. The van der Waals surface area contributed by atoms with Crippen molar-refractivity contribution in [2.24, 2.45) is 0 Å². The Balaban J connectivity index is 1.83. The molecule has 1 aromatic heterocycles. The smallest absolute Gasteiger partial charge is 0.459 e. The van der Waals surface area contributed by atoms with Crippen LogP contribution in [0.2, 0.25) is 0 Å². The molecule has 0 radical (unpaired) electrons. The zero-order valence-corrected chi connectivity index (χ0v) is 17.9. The summed E-state index contributed by atoms with van der Waals surface area (Å²) in [6.45, 7) is 12.9. The predicted molar refractivity (Wildman–Crippen MR) is 107 cm³/mol. The van der Waals surface area contributed by atoms with Gasteiger partial charge in [-0.25, -0.2) is 4.79 Å². The van der Waals surface area contributed by atoms with E-state index >= 15 is 0 Å². The zero-order valence-electron chi connectivity index (χ0n) is 17.9. The minimum atomic E-state index is -0.645. The maximum Gasteiger partial charge on any atom is 0.494 e. The van der Waals surface area contributed by atoms with Gasteiger partial charge < -0.3 is 14.0 Å². The van der Waals surface area contributed by atoms with Gasteiger partial charge in [-0.1, -0.05) is 12.1 Å². The topological polar surface area (TPSA) is 97.5 Å². The Kier molecular flexibility index (Phi) is 5.21. The highest BCUT2D eigenvalue weighted by atomic mass is 16.7. The molecule has 0 atom stereocenters. The fraction of sp³-hybridized carbons (Fsp3) is 0.579. The molecule has 0 N–H and O–H groups in total. The van der Waals surface area contributed by atoms with E-state index in [1.165, 1.54) is 0 Å². The van der Waals surface area contributed by atoms with Crippen LogP contribution in [0.4, 0.5) is 0 Å². The van der Waals surface area contributed by atoms with Crippen LogP contribution in [-0.2, 0) is 25.4 Å². The minimum absolute atomic E-state index is 0.312. The number of benzene rings is 1. The predicted octanol–water partition coefficient (Wildman–Crippen LogP) is 1.07. The standard InChI is InChI=1S/C19H27BN4O5/c1-17(2,3)27-15(25)12-23-16(26)24(22-21-23)14-10-8-9-13(11-14)20-28-18(4,5)19(6,7)29-20/h8-11H,12H2,1-7H3. The molecule has 1 aliphatic rings. The van der Waals surface area contributed by atoms with Crippen LogP contribution in [0.25, 0.3) is 5.69 Å². The second-order valence-corrected chi connectivity index (χ2v) is 9.10. The lowest BCUT2D eigenvalue weighted by Crippen LogP contribution is -2.41. The van der Waals surface area contributed by atoms with E-state index < -0.39 is 35.6 Å². The molecular weight excluding hydrogens is 375 g/mol. The largest absolute Gasteiger partial charge is 0.494 e. The summed E-state index contributed by atoms with van der Waals surface area (Å²) in [6.07, 6.45) is 0. The normalized spacial score (nSPS) is 18.1. The maximum atomic E-state index is 12.6. The van der Waals surface area contributed by atoms with E-state index in [-0.39, 0.29) is 6.54 Å². The summed E-state index contributed by atoms with van der Waals surface area (Å²) in [6, 6.07) is 7.13. The van der Waals surface area contributed by atoms with Crippen molar-refractivity contribution in [3.8, 4) is 5.69 Å². The Bertz CT molecular complexity index is 957. The van der Waals surface area contributed by atoms with Crippen molar-refractivity contribution >= 4 is 18.6 Å². The third-order valence-electron chi connectivity index (χ3n) is 4.98. The molecule has 1 fully saturated rings. The maximum absolute atomic E-state index is 12.6. The first kappa shape index (κ1) is 21.3. The van der Waals surface area contributed by atoms with Gasteiger partial charge in [0.1, 0.15) is 12.1 Å². The molecule has 10 heteroatoms. The van der Waals surface area contributed by atoms with Crippen molar-refractivity contribution in [2.75, 3.05) is 0 Å². The van der Waals surface area contributed by atoms with E-state index in [4.69, 9.17) is 14.0 Å². The quantitative estimate of drug-likeness (QED) is 0.557. The number of ether oxygens (including phenoxy) is 1. The summed E-state index contributed by atoms with van der Waals surface area (Å²) in [4.78, 5) is 24.6. The van der Waals surface area contributed by atoms with E-state index in [0.717, 1.165) is 14.8 Å². The number of hydrogen-bond acceptors (Lipinski definition) is 7. The van der Waals surface area contributed by atoms with Crippen LogP contribution in [0.1, 0.15) is 48.5 Å². The number of rotatable bonds is 4. The van der Waals surface area contributed by atoms with E-state index in [0.29, 0.717) is 5.69 Å². The molecule has 2 heterocycles. The lowest BCUT2D eigenvalue weighted by Gasteiger charge is -2.32. The van der Waals surface area contributed by atoms with Gasteiger partial charge in [-0.05, 0) is 76.5 Å². The van der Waals surface area contributed by atoms with Gasteiger partial charge in [-0.2, -0.15) is 9.36 Å². The molecule has 1 saturated heterocycles. The van der Waals surface area contributed by atoms with E-state index in [1.807, 2.05) is 33.8 Å². The van der Waals surface area contributed by atoms with Gasteiger partial charge in [0.25, 0.3) is 0 Å². The summed E-state index contributed by atoms with van der Waals surface area (Å²) in [7, 11) is -0.563. The first-order valence-corrected chi connectivity index (χ1v) is 9.50. The minimum Gasteiger partial charge on any atom is -0.459 e. The average Bonchev–Trinajstić information content (AvgIpc) is 3.03. The van der Waals surface area contributed by atoms with Crippen LogP contribution in [0, 0.1) is 0 Å². The number of carbonyl (C=O) groups excluding carboxylic acids is 1.